The van der Waals surface area contributed by atoms with Crippen LogP contribution in [0.2, 0.25) is 0 Å². The highest BCUT2D eigenvalue weighted by Gasteiger charge is 2.35. The van der Waals surface area contributed by atoms with E-state index in [1.807, 2.05) is 9.13 Å². The molecule has 0 N–H and O–H groups in total. The van der Waals surface area contributed by atoms with Gasteiger partial charge in [0, 0.05) is 27.1 Å². The quantitative estimate of drug-likeness (QED) is 0.149. The van der Waals surface area contributed by atoms with E-state index in [1.54, 1.807) is 161 Å². The Kier molecular flexibility index (Phi) is 12.9. The monoisotopic (exact) mass is 1140 g/mol. The number of halogens is 12. The summed E-state index contributed by atoms with van der Waals surface area (Å²) in [6, 6.07) is 44.2. The van der Waals surface area contributed by atoms with E-state index in [0.29, 0.717) is 111 Å². The Morgan fingerprint density at radius 3 is 0.905 bits per heavy atom. The molecular weight excluding hydrogens is 1100 g/mol. The lowest BCUT2D eigenvalue weighted by molar-refractivity contribution is -0.138. The molecule has 0 saturated heterocycles. The molecule has 418 valence electrons. The van der Waals surface area contributed by atoms with Gasteiger partial charge in [0.25, 0.3) is 0 Å². The molecule has 12 aromatic rings. The average molecular weight is 1140 g/mol. The first-order valence-corrected chi connectivity index (χ1v) is 26.1. The fourth-order valence-electron chi connectivity index (χ4n) is 11.5. The average Bonchev–Trinajstić information content (AvgIpc) is 1.66. The van der Waals surface area contributed by atoms with E-state index in [9.17, 15) is 57.9 Å². The molecular formula is C68H42F12N4. The molecule has 0 saturated carbocycles. The van der Waals surface area contributed by atoms with Gasteiger partial charge in [0.05, 0.1) is 79.7 Å². The fraction of sp³-hybridized carbons (Fsp3) is 0.118. The van der Waals surface area contributed by atoms with Gasteiger partial charge >= 0.3 is 24.7 Å². The Hall–Kier alpha value is -9.62. The van der Waals surface area contributed by atoms with Crippen LogP contribution in [0.3, 0.4) is 0 Å². The zero-order valence-corrected chi connectivity index (χ0v) is 44.6. The molecule has 0 amide bonds. The van der Waals surface area contributed by atoms with Crippen molar-refractivity contribution in [3.05, 3.63) is 232 Å². The van der Waals surface area contributed by atoms with E-state index in [4.69, 9.17) is 4.98 Å². The second-order valence-electron chi connectivity index (χ2n) is 21.2. The van der Waals surface area contributed by atoms with Crippen molar-refractivity contribution in [2.75, 3.05) is 0 Å². The zero-order valence-electron chi connectivity index (χ0n) is 44.6. The zero-order chi connectivity index (χ0) is 59.5. The SMILES string of the molecule is Cc1cc(-c2ccc3c4ccc(-c5cc(C)cc(C(F)(F)F)c5)cc4n(-c4cncc(-n5c6cc(-c7cc(C)cc(C(F)(F)F)c7)ccc6c6ccc(-c7cc(C)cc(C(F)(F)F)c7)cc65)c4-c4cccc(C#N)c4)c3c2)cc(C(F)(F)F)c1. The number of aromatic nitrogens is 3. The second kappa shape index (κ2) is 19.8. The lowest BCUT2D eigenvalue weighted by Crippen LogP contribution is -2.06. The molecule has 3 aromatic heterocycles. The topological polar surface area (TPSA) is 46.5 Å². The Balaban J connectivity index is 1.22. The molecule has 0 aliphatic carbocycles. The standard InChI is InChI=1S/C68H42F12N4/c1-36-16-46(25-50(20-36)65(69,70)71)41-8-12-54-55-13-9-42(47-17-37(2)21-51(26-47)66(72,73)74)30-59(55)83(58(54)29-41)62-34-82-35-63(64(62)45-7-5-6-40(24-45)33-81)84-60-31-43(48-18-38(3)22-52(27-48)67(75,76)77)10-14-56(60)57-15-11-44(32-61(57)84)49-19-39(4)23-53(28-49)68(78,79)80/h5-32,34-35H,1-4H3. The van der Waals surface area contributed by atoms with Crippen molar-refractivity contribution in [3.8, 4) is 73.1 Å². The maximum atomic E-state index is 14.4. The Morgan fingerprint density at radius 2 is 0.631 bits per heavy atom. The summed E-state index contributed by atoms with van der Waals surface area (Å²) >= 11 is 0. The maximum Gasteiger partial charge on any atom is 0.416 e. The van der Waals surface area contributed by atoms with Gasteiger partial charge in [-0.15, -0.1) is 0 Å². The molecule has 3 heterocycles. The van der Waals surface area contributed by atoms with Crippen LogP contribution in [0.4, 0.5) is 52.7 Å². The van der Waals surface area contributed by atoms with Crippen LogP contribution < -0.4 is 0 Å². The normalized spacial score (nSPS) is 12.5. The lowest BCUT2D eigenvalue weighted by atomic mass is 9.98. The highest BCUT2D eigenvalue weighted by atomic mass is 19.4. The molecule has 0 spiro atoms. The first-order chi connectivity index (χ1) is 39.7. The molecule has 84 heavy (non-hydrogen) atoms. The number of hydrogen-bond acceptors (Lipinski definition) is 2. The third kappa shape index (κ3) is 9.96. The number of rotatable bonds is 7. The van der Waals surface area contributed by atoms with Gasteiger partial charge in [-0.1, -0.05) is 84.9 Å². The largest absolute Gasteiger partial charge is 0.416 e. The number of benzene rings is 9. The third-order valence-corrected chi connectivity index (χ3v) is 15.2. The molecule has 16 heteroatoms. The van der Waals surface area contributed by atoms with Crippen molar-refractivity contribution >= 4 is 43.6 Å². The van der Waals surface area contributed by atoms with Crippen LogP contribution >= 0.6 is 0 Å². The van der Waals surface area contributed by atoms with Gasteiger partial charge in [-0.2, -0.15) is 57.9 Å². The predicted molar refractivity (Wildman–Crippen MR) is 304 cm³/mol. The molecule has 12 rings (SSSR count). The van der Waals surface area contributed by atoms with Crippen LogP contribution in [0.25, 0.3) is 111 Å². The summed E-state index contributed by atoms with van der Waals surface area (Å²) in [6.07, 6.45) is -15.7. The number of nitriles is 1. The predicted octanol–water partition coefficient (Wildman–Crippen LogP) is 20.8. The number of hydrogen-bond donors (Lipinski definition) is 0. The van der Waals surface area contributed by atoms with E-state index in [-0.39, 0.29) is 27.8 Å². The molecule has 0 bridgehead atoms. The molecule has 0 radical (unpaired) electrons. The highest BCUT2D eigenvalue weighted by molar-refractivity contribution is 6.14. The van der Waals surface area contributed by atoms with Crippen molar-refractivity contribution < 1.29 is 52.7 Å². The van der Waals surface area contributed by atoms with Crippen LogP contribution in [-0.2, 0) is 24.7 Å². The molecule has 9 aromatic carbocycles. The molecule has 0 atom stereocenters. The summed E-state index contributed by atoms with van der Waals surface area (Å²) in [6.45, 7) is 6.19. The lowest BCUT2D eigenvalue weighted by Gasteiger charge is -2.20. The van der Waals surface area contributed by atoms with E-state index in [0.717, 1.165) is 48.5 Å². The van der Waals surface area contributed by atoms with E-state index >= 15 is 0 Å². The third-order valence-electron chi connectivity index (χ3n) is 15.2. The van der Waals surface area contributed by atoms with E-state index in [1.165, 1.54) is 0 Å². The van der Waals surface area contributed by atoms with Gasteiger partial charge < -0.3 is 9.13 Å². The maximum absolute atomic E-state index is 14.4. The van der Waals surface area contributed by atoms with Crippen molar-refractivity contribution in [1.82, 2.24) is 14.1 Å². The van der Waals surface area contributed by atoms with Crippen LogP contribution in [0.1, 0.15) is 50.1 Å². The van der Waals surface area contributed by atoms with Crippen molar-refractivity contribution in [3.63, 3.8) is 0 Å². The number of nitrogens with zero attached hydrogens (tertiary/aromatic N) is 4. The van der Waals surface area contributed by atoms with Crippen LogP contribution in [0, 0.1) is 39.0 Å². The summed E-state index contributed by atoms with van der Waals surface area (Å²) in [5.74, 6) is 0. The minimum Gasteiger partial charge on any atom is -0.307 e. The van der Waals surface area contributed by atoms with Crippen LogP contribution in [-0.4, -0.2) is 14.1 Å². The van der Waals surface area contributed by atoms with Gasteiger partial charge in [0.2, 0.25) is 0 Å². The fourth-order valence-corrected chi connectivity index (χ4v) is 11.5. The van der Waals surface area contributed by atoms with Gasteiger partial charge in [-0.25, -0.2) is 0 Å². The first-order valence-electron chi connectivity index (χ1n) is 26.1. The molecule has 0 aliphatic heterocycles. The summed E-state index contributed by atoms with van der Waals surface area (Å²) in [5.41, 5.74) is 3.65. The first kappa shape index (κ1) is 54.9. The minimum absolute atomic E-state index is 0.222. The summed E-state index contributed by atoms with van der Waals surface area (Å²) in [4.78, 5) is 4.87. The van der Waals surface area contributed by atoms with Crippen LogP contribution in [0.15, 0.2) is 182 Å². The summed E-state index contributed by atoms with van der Waals surface area (Å²) in [7, 11) is 0. The highest BCUT2D eigenvalue weighted by Crippen LogP contribution is 2.47. The van der Waals surface area contributed by atoms with Gasteiger partial charge in [0.1, 0.15) is 0 Å². The summed E-state index contributed by atoms with van der Waals surface area (Å²) in [5, 5.41) is 12.8. The van der Waals surface area contributed by atoms with Gasteiger partial charge in [0.15, 0.2) is 0 Å². The minimum atomic E-state index is -4.69. The Morgan fingerprint density at radius 1 is 0.333 bits per heavy atom. The van der Waals surface area contributed by atoms with Gasteiger partial charge in [-0.05, 0) is 185 Å². The number of pyridine rings is 1. The number of fused-ring (bicyclic) bond motifs is 6. The van der Waals surface area contributed by atoms with Crippen molar-refractivity contribution in [2.45, 2.75) is 52.4 Å². The number of alkyl halides is 12. The van der Waals surface area contributed by atoms with Crippen LogP contribution in [0.5, 0.6) is 0 Å². The van der Waals surface area contributed by atoms with E-state index in [2.05, 4.69) is 6.07 Å². The van der Waals surface area contributed by atoms with Gasteiger partial charge in [-0.3, -0.25) is 4.98 Å². The molecule has 4 nitrogen and oxygen atoms in total. The van der Waals surface area contributed by atoms with E-state index < -0.39 is 47.0 Å². The molecule has 0 fully saturated rings. The Bertz CT molecular complexity index is 4230. The second-order valence-corrected chi connectivity index (χ2v) is 21.2. The van der Waals surface area contributed by atoms with Crippen molar-refractivity contribution in [2.24, 2.45) is 0 Å². The Labute approximate surface area is 471 Å². The number of aryl methyl sites for hydroxylation is 4. The molecule has 0 aliphatic rings. The summed E-state index contributed by atoms with van der Waals surface area (Å²) < 4.78 is 177. The van der Waals surface area contributed by atoms with Crippen molar-refractivity contribution in [1.29, 1.82) is 5.26 Å². The smallest absolute Gasteiger partial charge is 0.307 e. The molecule has 0 unspecified atom stereocenters.